The molecule has 0 fully saturated rings. The van der Waals surface area contributed by atoms with E-state index in [0.29, 0.717) is 23.0 Å². The second-order valence-corrected chi connectivity index (χ2v) is 6.37. The number of aromatic nitrogens is 1. The van der Waals surface area contributed by atoms with E-state index in [9.17, 15) is 4.79 Å². The molecule has 0 atom stereocenters. The number of carbonyl (C=O) groups is 1. The molecule has 1 aliphatic rings. The Morgan fingerprint density at radius 2 is 1.78 bits per heavy atom. The van der Waals surface area contributed by atoms with Crippen molar-refractivity contribution in [1.29, 1.82) is 0 Å². The fraction of sp³-hybridized carbons (Fsp3) is 0.100. The Morgan fingerprint density at radius 1 is 1.00 bits per heavy atom. The van der Waals surface area contributed by atoms with E-state index < -0.39 is 0 Å². The molecule has 2 aromatic carbocycles. The van der Waals surface area contributed by atoms with Gasteiger partial charge in [-0.15, -0.1) is 0 Å². The van der Waals surface area contributed by atoms with Gasteiger partial charge in [-0.2, -0.15) is 0 Å². The number of anilines is 2. The van der Waals surface area contributed by atoms with E-state index in [1.54, 1.807) is 30.5 Å². The monoisotopic (exact) mass is 381 g/mol. The fourth-order valence-electron chi connectivity index (χ4n) is 2.62. The second kappa shape index (κ2) is 7.55. The van der Waals surface area contributed by atoms with Gasteiger partial charge in [0, 0.05) is 23.3 Å². The first-order chi connectivity index (χ1) is 13.2. The van der Waals surface area contributed by atoms with Crippen LogP contribution in [0.15, 0.2) is 60.8 Å². The molecule has 1 amide bonds. The third-order valence-corrected chi connectivity index (χ3v) is 4.28. The molecule has 0 spiro atoms. The van der Waals surface area contributed by atoms with Crippen molar-refractivity contribution in [1.82, 2.24) is 10.3 Å². The maximum Gasteiger partial charge on any atom is 0.270 e. The van der Waals surface area contributed by atoms with Crippen LogP contribution >= 0.6 is 11.6 Å². The number of halogens is 1. The predicted octanol–water partition coefficient (Wildman–Crippen LogP) is 4.14. The maximum absolute atomic E-state index is 12.2. The summed E-state index contributed by atoms with van der Waals surface area (Å²) >= 11 is 5.85. The van der Waals surface area contributed by atoms with Crippen LogP contribution < -0.4 is 20.1 Å². The minimum Gasteiger partial charge on any atom is -0.454 e. The summed E-state index contributed by atoms with van der Waals surface area (Å²) in [6.07, 6.45) is 1.61. The van der Waals surface area contributed by atoms with Crippen molar-refractivity contribution in [2.24, 2.45) is 0 Å². The molecule has 2 heterocycles. The van der Waals surface area contributed by atoms with Crippen LogP contribution in [0, 0.1) is 0 Å². The molecular formula is C20H16ClN3O3. The van der Waals surface area contributed by atoms with Crippen LogP contribution in [0.3, 0.4) is 0 Å². The number of fused-ring (bicyclic) bond motifs is 1. The summed E-state index contributed by atoms with van der Waals surface area (Å²) in [6, 6.07) is 16.4. The zero-order chi connectivity index (χ0) is 18.6. The lowest BCUT2D eigenvalue weighted by Gasteiger charge is -2.08. The van der Waals surface area contributed by atoms with E-state index in [4.69, 9.17) is 21.1 Å². The standard InChI is InChI=1S/C20H16ClN3O3/c21-14-3-1-13(2-4-14)10-23-20(25)17-7-5-16(11-22-17)24-15-6-8-18-19(9-15)27-12-26-18/h1-9,11,24H,10,12H2,(H,23,25). The maximum atomic E-state index is 12.2. The molecule has 136 valence electrons. The van der Waals surface area contributed by atoms with Gasteiger partial charge in [0.25, 0.3) is 5.91 Å². The zero-order valence-corrected chi connectivity index (χ0v) is 15.0. The molecule has 0 aliphatic carbocycles. The lowest BCUT2D eigenvalue weighted by Crippen LogP contribution is -2.23. The largest absolute Gasteiger partial charge is 0.454 e. The highest BCUT2D eigenvalue weighted by Crippen LogP contribution is 2.35. The number of amides is 1. The van der Waals surface area contributed by atoms with Crippen molar-refractivity contribution < 1.29 is 14.3 Å². The van der Waals surface area contributed by atoms with Gasteiger partial charge < -0.3 is 20.1 Å². The Hall–Kier alpha value is -3.25. The summed E-state index contributed by atoms with van der Waals surface area (Å²) < 4.78 is 10.7. The van der Waals surface area contributed by atoms with E-state index in [1.165, 1.54) is 0 Å². The number of rotatable bonds is 5. The summed E-state index contributed by atoms with van der Waals surface area (Å²) in [4.78, 5) is 16.5. The Labute approximate surface area is 161 Å². The molecule has 4 rings (SSSR count). The Bertz CT molecular complexity index is 959. The lowest BCUT2D eigenvalue weighted by molar-refractivity contribution is 0.0946. The summed E-state index contributed by atoms with van der Waals surface area (Å²) in [5.41, 5.74) is 2.93. The summed E-state index contributed by atoms with van der Waals surface area (Å²) in [7, 11) is 0. The molecule has 3 aromatic rings. The van der Waals surface area contributed by atoms with Gasteiger partial charge in [-0.3, -0.25) is 4.79 Å². The van der Waals surface area contributed by atoms with Gasteiger partial charge in [0.2, 0.25) is 6.79 Å². The smallest absolute Gasteiger partial charge is 0.270 e. The Balaban J connectivity index is 1.36. The third-order valence-electron chi connectivity index (χ3n) is 4.02. The molecule has 1 aliphatic heterocycles. The molecular weight excluding hydrogens is 366 g/mol. The van der Waals surface area contributed by atoms with Gasteiger partial charge >= 0.3 is 0 Å². The van der Waals surface area contributed by atoms with Crippen LogP contribution in [0.25, 0.3) is 0 Å². The topological polar surface area (TPSA) is 72.5 Å². The van der Waals surface area contributed by atoms with Gasteiger partial charge in [0.1, 0.15) is 5.69 Å². The van der Waals surface area contributed by atoms with Crippen LogP contribution in [0.5, 0.6) is 11.5 Å². The van der Waals surface area contributed by atoms with Crippen molar-refractivity contribution in [3.05, 3.63) is 77.1 Å². The van der Waals surface area contributed by atoms with Crippen LogP contribution in [-0.2, 0) is 6.54 Å². The van der Waals surface area contributed by atoms with Gasteiger partial charge in [-0.25, -0.2) is 4.98 Å². The van der Waals surface area contributed by atoms with E-state index >= 15 is 0 Å². The highest BCUT2D eigenvalue weighted by Gasteiger charge is 2.13. The fourth-order valence-corrected chi connectivity index (χ4v) is 2.74. The van der Waals surface area contributed by atoms with E-state index in [0.717, 1.165) is 22.7 Å². The number of carbonyl (C=O) groups excluding carboxylic acids is 1. The van der Waals surface area contributed by atoms with Gasteiger partial charge in [0.05, 0.1) is 11.9 Å². The normalized spacial score (nSPS) is 11.9. The predicted molar refractivity (Wildman–Crippen MR) is 103 cm³/mol. The third kappa shape index (κ3) is 4.12. The molecule has 27 heavy (non-hydrogen) atoms. The molecule has 0 radical (unpaired) electrons. The Kier molecular flexibility index (Phi) is 4.80. The summed E-state index contributed by atoms with van der Waals surface area (Å²) in [5, 5.41) is 6.72. The number of hydrogen-bond acceptors (Lipinski definition) is 5. The van der Waals surface area contributed by atoms with Crippen LogP contribution in [0.1, 0.15) is 16.1 Å². The van der Waals surface area contributed by atoms with Crippen molar-refractivity contribution >= 4 is 28.9 Å². The van der Waals surface area contributed by atoms with E-state index in [1.807, 2.05) is 30.3 Å². The zero-order valence-electron chi connectivity index (χ0n) is 14.2. The Morgan fingerprint density at radius 3 is 2.56 bits per heavy atom. The first kappa shape index (κ1) is 17.2. The molecule has 6 nitrogen and oxygen atoms in total. The highest BCUT2D eigenvalue weighted by molar-refractivity contribution is 6.30. The number of nitrogens with one attached hydrogen (secondary N) is 2. The van der Waals surface area contributed by atoms with Crippen LogP contribution in [0.2, 0.25) is 5.02 Å². The first-order valence-electron chi connectivity index (χ1n) is 8.33. The van der Waals surface area contributed by atoms with Crippen molar-refractivity contribution in [2.75, 3.05) is 12.1 Å². The molecule has 0 saturated heterocycles. The average molecular weight is 382 g/mol. The van der Waals surface area contributed by atoms with Gasteiger partial charge in [-0.05, 0) is 42.0 Å². The number of ether oxygens (including phenoxy) is 2. The quantitative estimate of drug-likeness (QED) is 0.695. The van der Waals surface area contributed by atoms with Crippen molar-refractivity contribution in [2.45, 2.75) is 6.54 Å². The minimum atomic E-state index is -0.237. The molecule has 0 unspecified atom stereocenters. The number of hydrogen-bond donors (Lipinski definition) is 2. The van der Waals surface area contributed by atoms with Crippen LogP contribution in [-0.4, -0.2) is 17.7 Å². The molecule has 0 saturated carbocycles. The molecule has 1 aromatic heterocycles. The summed E-state index contributed by atoms with van der Waals surface area (Å²) in [5.74, 6) is 1.19. The molecule has 0 bridgehead atoms. The number of benzene rings is 2. The van der Waals surface area contributed by atoms with Gasteiger partial charge in [-0.1, -0.05) is 23.7 Å². The average Bonchev–Trinajstić information content (AvgIpc) is 3.16. The van der Waals surface area contributed by atoms with Crippen molar-refractivity contribution in [3.8, 4) is 11.5 Å². The minimum absolute atomic E-state index is 0.236. The SMILES string of the molecule is O=C(NCc1ccc(Cl)cc1)c1ccc(Nc2ccc3c(c2)OCO3)cn1. The molecule has 2 N–H and O–H groups in total. The first-order valence-corrected chi connectivity index (χ1v) is 8.70. The highest BCUT2D eigenvalue weighted by atomic mass is 35.5. The number of pyridine rings is 1. The van der Waals surface area contributed by atoms with Gasteiger partial charge in [0.15, 0.2) is 11.5 Å². The molecule has 7 heteroatoms. The summed E-state index contributed by atoms with van der Waals surface area (Å²) in [6.45, 7) is 0.648. The van der Waals surface area contributed by atoms with E-state index in [2.05, 4.69) is 15.6 Å². The van der Waals surface area contributed by atoms with Crippen LogP contribution in [0.4, 0.5) is 11.4 Å². The second-order valence-electron chi connectivity index (χ2n) is 5.93. The van der Waals surface area contributed by atoms with Crippen molar-refractivity contribution in [3.63, 3.8) is 0 Å². The number of nitrogens with zero attached hydrogens (tertiary/aromatic N) is 1. The van der Waals surface area contributed by atoms with E-state index in [-0.39, 0.29) is 12.7 Å². The lowest BCUT2D eigenvalue weighted by atomic mass is 10.2.